The summed E-state index contributed by atoms with van der Waals surface area (Å²) in [6.45, 7) is 17.7. The molecule has 6 heteroatoms. The van der Waals surface area contributed by atoms with E-state index in [2.05, 4.69) is 215 Å². The molecule has 0 saturated heterocycles. The van der Waals surface area contributed by atoms with Gasteiger partial charge in [0.2, 0.25) is 0 Å². The second-order valence-electron chi connectivity index (χ2n) is 20.4. The number of hydrogen-bond acceptors (Lipinski definition) is 4. The Balaban J connectivity index is 0.00000567. The zero-order valence-corrected chi connectivity index (χ0v) is 42.7. The van der Waals surface area contributed by atoms with E-state index < -0.39 is 0 Å². The maximum Gasteiger partial charge on any atom is 0.148 e. The first-order chi connectivity index (χ1) is 33.4. The number of nitrogens with zero attached hydrogens (tertiary/aromatic N) is 4. The van der Waals surface area contributed by atoms with Crippen molar-refractivity contribution in [1.29, 1.82) is 0 Å². The van der Waals surface area contributed by atoms with Crippen LogP contribution in [0, 0.1) is 6.07 Å². The Morgan fingerprint density at radius 2 is 1.36 bits per heavy atom. The number of rotatable bonds is 8. The molecule has 3 heterocycles. The Morgan fingerprint density at radius 3 is 2.09 bits per heavy atom. The molecule has 8 aromatic carbocycles. The summed E-state index contributed by atoms with van der Waals surface area (Å²) in [6.07, 6.45) is 4.85. The number of fused-ring (bicyclic) bond motifs is 3. The minimum absolute atomic E-state index is 0. The summed E-state index contributed by atoms with van der Waals surface area (Å²) in [4.78, 5) is 12.8. The third-order valence-corrected chi connectivity index (χ3v) is 13.8. The number of phenols is 1. The summed E-state index contributed by atoms with van der Waals surface area (Å²) in [6, 6.07) is 65.6. The van der Waals surface area contributed by atoms with Gasteiger partial charge in [-0.2, -0.15) is 0 Å². The maximum atomic E-state index is 12.2. The zero-order valence-electron chi connectivity index (χ0n) is 40.4. The van der Waals surface area contributed by atoms with Crippen molar-refractivity contribution in [2.45, 2.75) is 64.8 Å². The van der Waals surface area contributed by atoms with E-state index in [1.165, 1.54) is 33.2 Å². The summed E-state index contributed by atoms with van der Waals surface area (Å²) < 4.78 is 2.16. The fourth-order valence-corrected chi connectivity index (χ4v) is 10.3. The fourth-order valence-electron chi connectivity index (χ4n) is 10.3. The largest absolute Gasteiger partial charge is 0.507 e. The number of aromatic nitrogens is 3. The number of benzene rings is 8. The minimum atomic E-state index is -0.132. The molecular formula is C64H55N4OPt-. The van der Waals surface area contributed by atoms with Crippen LogP contribution in [0.5, 0.6) is 5.75 Å². The molecule has 10 aromatic rings. The van der Waals surface area contributed by atoms with Crippen LogP contribution >= 0.6 is 0 Å². The molecule has 348 valence electrons. The number of anilines is 2. The van der Waals surface area contributed by atoms with Crippen molar-refractivity contribution in [1.82, 2.24) is 14.5 Å². The molecule has 0 fully saturated rings. The zero-order chi connectivity index (χ0) is 47.6. The molecular weight excluding hydrogens is 1040 g/mol. The topological polar surface area (TPSA) is 54.2 Å². The Morgan fingerprint density at radius 1 is 0.643 bits per heavy atom. The molecule has 1 aliphatic heterocycles. The van der Waals surface area contributed by atoms with Gasteiger partial charge in [0.15, 0.2) is 0 Å². The van der Waals surface area contributed by atoms with E-state index in [4.69, 9.17) is 9.97 Å². The number of aromatic hydroxyl groups is 1. The Hall–Kier alpha value is -7.33. The number of hydrogen-bond donors (Lipinski definition) is 1. The standard InChI is InChI=1S/C64H55N4O.Pt/c1-8-48-38-46-20-16-26-53(61(46)67(48)49-21-11-9-12-22-49)43-34-35-65-56(39-43)44-19-15-18-41(36-44)52-25-17-27-57-60(52)66-62(68(57)50-23-13-10-14-24-50)54-31-28-45(40-58(54)69)59-51-32-30-47(63(2,3)4)37-42(51)29-33-55(59)64(5,6)7;/h8-35,37,39-40,48,69H,1,38H2,2-7H3;/q-1;. The number of pyridine rings is 1. The van der Waals surface area contributed by atoms with Crippen LogP contribution < -0.4 is 4.90 Å². The molecule has 5 nitrogen and oxygen atoms in total. The molecule has 0 amide bonds. The number of imidazole rings is 1. The molecule has 1 N–H and O–H groups in total. The number of phenolic OH excluding ortho intramolecular Hbond substituents is 1. The molecule has 0 spiro atoms. The van der Waals surface area contributed by atoms with Crippen molar-refractivity contribution < 1.29 is 26.2 Å². The summed E-state index contributed by atoms with van der Waals surface area (Å²) in [5.74, 6) is 0.820. The van der Waals surface area contributed by atoms with Crippen LogP contribution in [0.3, 0.4) is 0 Å². The van der Waals surface area contributed by atoms with Crippen LogP contribution in [-0.2, 0) is 38.3 Å². The monoisotopic (exact) mass is 1090 g/mol. The average molecular weight is 1090 g/mol. The van der Waals surface area contributed by atoms with Gasteiger partial charge in [-0.25, -0.2) is 4.98 Å². The van der Waals surface area contributed by atoms with Crippen molar-refractivity contribution in [3.63, 3.8) is 0 Å². The molecule has 0 bridgehead atoms. The summed E-state index contributed by atoms with van der Waals surface area (Å²) in [5.41, 5.74) is 17.3. The Bertz CT molecular complexity index is 3600. The third-order valence-electron chi connectivity index (χ3n) is 13.8. The van der Waals surface area contributed by atoms with Gasteiger partial charge in [0.05, 0.1) is 28.3 Å². The van der Waals surface area contributed by atoms with E-state index in [1.807, 2.05) is 36.5 Å². The van der Waals surface area contributed by atoms with Gasteiger partial charge in [0.1, 0.15) is 11.6 Å². The van der Waals surface area contributed by atoms with Gasteiger partial charge in [-0.1, -0.05) is 168 Å². The Labute approximate surface area is 426 Å². The molecule has 0 radical (unpaired) electrons. The molecule has 1 atom stereocenters. The predicted molar refractivity (Wildman–Crippen MR) is 288 cm³/mol. The van der Waals surface area contributed by atoms with Gasteiger partial charge < -0.3 is 10.0 Å². The van der Waals surface area contributed by atoms with E-state index in [-0.39, 0.29) is 43.7 Å². The third kappa shape index (κ3) is 8.26. The quantitative estimate of drug-likeness (QED) is 0.122. The summed E-state index contributed by atoms with van der Waals surface area (Å²) in [7, 11) is 0. The van der Waals surface area contributed by atoms with E-state index in [0.717, 1.165) is 73.5 Å². The minimum Gasteiger partial charge on any atom is -0.507 e. The van der Waals surface area contributed by atoms with Gasteiger partial charge in [-0.05, 0) is 110 Å². The maximum absolute atomic E-state index is 12.2. The van der Waals surface area contributed by atoms with E-state index in [9.17, 15) is 5.11 Å². The van der Waals surface area contributed by atoms with E-state index in [0.29, 0.717) is 11.4 Å². The molecule has 2 aromatic heterocycles. The van der Waals surface area contributed by atoms with Crippen molar-refractivity contribution in [3.05, 3.63) is 218 Å². The molecule has 0 saturated carbocycles. The molecule has 1 aliphatic rings. The average Bonchev–Trinajstić information content (AvgIpc) is 3.95. The van der Waals surface area contributed by atoms with Gasteiger partial charge in [-0.3, -0.25) is 9.55 Å². The first-order valence-corrected chi connectivity index (χ1v) is 23.9. The second kappa shape index (κ2) is 18.2. The predicted octanol–water partition coefficient (Wildman–Crippen LogP) is 16.3. The smallest absolute Gasteiger partial charge is 0.148 e. The van der Waals surface area contributed by atoms with Crippen LogP contribution in [-0.4, -0.2) is 25.7 Å². The van der Waals surface area contributed by atoms with E-state index in [1.54, 1.807) is 0 Å². The van der Waals surface area contributed by atoms with Crippen LogP contribution in [0.25, 0.3) is 83.5 Å². The summed E-state index contributed by atoms with van der Waals surface area (Å²) >= 11 is 0. The van der Waals surface area contributed by atoms with Gasteiger partial charge >= 0.3 is 0 Å². The van der Waals surface area contributed by atoms with Gasteiger partial charge in [0, 0.05) is 49.9 Å². The van der Waals surface area contributed by atoms with Gasteiger partial charge in [-0.15, -0.1) is 36.4 Å². The van der Waals surface area contributed by atoms with Crippen molar-refractivity contribution in [2.24, 2.45) is 0 Å². The Kier molecular flexibility index (Phi) is 12.1. The number of para-hydroxylation sites is 4. The second-order valence-corrected chi connectivity index (χ2v) is 20.4. The van der Waals surface area contributed by atoms with Crippen molar-refractivity contribution in [3.8, 4) is 67.5 Å². The van der Waals surface area contributed by atoms with Crippen LogP contribution in [0.1, 0.15) is 58.2 Å². The van der Waals surface area contributed by atoms with Crippen LogP contribution in [0.4, 0.5) is 11.4 Å². The van der Waals surface area contributed by atoms with E-state index >= 15 is 0 Å². The fraction of sp³-hybridized carbons (Fsp3) is 0.156. The summed E-state index contributed by atoms with van der Waals surface area (Å²) in [5, 5.41) is 14.6. The van der Waals surface area contributed by atoms with Crippen LogP contribution in [0.2, 0.25) is 0 Å². The molecule has 0 aliphatic carbocycles. The molecule has 70 heavy (non-hydrogen) atoms. The van der Waals surface area contributed by atoms with Crippen molar-refractivity contribution >= 4 is 33.2 Å². The normalized spacial score (nSPS) is 13.6. The first kappa shape index (κ1) is 46.4. The first-order valence-electron chi connectivity index (χ1n) is 23.9. The van der Waals surface area contributed by atoms with Crippen LogP contribution in [0.15, 0.2) is 195 Å². The molecule has 1 unspecified atom stereocenters. The van der Waals surface area contributed by atoms with Crippen molar-refractivity contribution in [2.75, 3.05) is 4.90 Å². The van der Waals surface area contributed by atoms with Gasteiger partial charge in [0.25, 0.3) is 0 Å². The molecule has 11 rings (SSSR count). The SMILES string of the molecule is C=CC1Cc2cccc(-c3ccnc(-c4[c-]c(-c5cccc6c5nc(-c5ccc(-c7c(C(C)(C)C)ccc8cc(C(C)(C)C)ccc78)cc5O)n6-c5ccccc5)ccc4)c3)c2N1c1ccccc1.[Pt].